The van der Waals surface area contributed by atoms with Gasteiger partial charge in [0.2, 0.25) is 0 Å². The number of allylic oxidation sites excluding steroid dienone is 1. The van der Waals surface area contributed by atoms with Crippen LogP contribution >= 0.6 is 0 Å². The quantitative estimate of drug-likeness (QED) is 0.484. The first-order valence-electron chi connectivity index (χ1n) is 11.2. The van der Waals surface area contributed by atoms with Crippen LogP contribution in [0.2, 0.25) is 0 Å². The average Bonchev–Trinajstić information content (AvgIpc) is 3.25. The van der Waals surface area contributed by atoms with Crippen LogP contribution < -0.4 is 16.0 Å². The van der Waals surface area contributed by atoms with Crippen molar-refractivity contribution in [1.82, 2.24) is 15.3 Å². The molecule has 1 atom stereocenters. The van der Waals surface area contributed by atoms with Crippen molar-refractivity contribution in [3.8, 4) is 0 Å². The third-order valence-corrected chi connectivity index (χ3v) is 5.82. The van der Waals surface area contributed by atoms with Crippen molar-refractivity contribution >= 4 is 29.2 Å². The van der Waals surface area contributed by atoms with E-state index in [1.165, 1.54) is 20.0 Å². The van der Waals surface area contributed by atoms with E-state index < -0.39 is 17.7 Å². The normalized spacial score (nSPS) is 16.8. The lowest BCUT2D eigenvalue weighted by atomic mass is 10.0. The number of anilines is 3. The zero-order valence-corrected chi connectivity index (χ0v) is 18.9. The number of hydrogen-bond acceptors (Lipinski definition) is 7. The van der Waals surface area contributed by atoms with Gasteiger partial charge in [0.25, 0.3) is 5.91 Å². The molecule has 0 spiro atoms. The maximum Gasteiger partial charge on any atom is 0.255 e. The van der Waals surface area contributed by atoms with Crippen LogP contribution in [0.4, 0.5) is 21.6 Å². The van der Waals surface area contributed by atoms with Gasteiger partial charge in [0.15, 0.2) is 0 Å². The Morgan fingerprint density at radius 1 is 1.27 bits per heavy atom. The van der Waals surface area contributed by atoms with Crippen LogP contribution in [-0.2, 0) is 11.2 Å². The molecule has 2 aromatic heterocycles. The van der Waals surface area contributed by atoms with E-state index in [0.29, 0.717) is 30.3 Å². The summed E-state index contributed by atoms with van der Waals surface area (Å²) < 4.78 is 19.6. The number of aromatic nitrogens is 2. The Morgan fingerprint density at radius 2 is 2.06 bits per heavy atom. The Bertz CT molecular complexity index is 1030. The molecule has 4 rings (SSSR count). The molecule has 3 heterocycles. The molecule has 1 amide bonds. The number of nitrogens with one attached hydrogen (secondary N) is 3. The molecule has 0 unspecified atom stereocenters. The second-order valence-corrected chi connectivity index (χ2v) is 8.97. The highest BCUT2D eigenvalue weighted by Crippen LogP contribution is 2.26. The summed E-state index contributed by atoms with van der Waals surface area (Å²) in [5.41, 5.74) is 2.28. The van der Waals surface area contributed by atoms with Gasteiger partial charge in [0.05, 0.1) is 41.0 Å². The van der Waals surface area contributed by atoms with Gasteiger partial charge >= 0.3 is 0 Å². The predicted octanol–water partition coefficient (Wildman–Crippen LogP) is 3.22. The van der Waals surface area contributed by atoms with E-state index >= 15 is 0 Å². The van der Waals surface area contributed by atoms with Crippen LogP contribution in [0, 0.1) is 0 Å². The zero-order chi connectivity index (χ0) is 23.4. The molecular formula is C24H30FN5O3. The van der Waals surface area contributed by atoms with Crippen molar-refractivity contribution in [2.75, 3.05) is 30.4 Å². The Kier molecular flexibility index (Phi) is 6.90. The van der Waals surface area contributed by atoms with Gasteiger partial charge in [-0.3, -0.25) is 9.78 Å². The number of carbonyl (C=O) groups is 1. The van der Waals surface area contributed by atoms with Crippen LogP contribution in [0.1, 0.15) is 48.3 Å². The number of nitrogens with zero attached hydrogens (tertiary/aromatic N) is 2. The van der Waals surface area contributed by atoms with Gasteiger partial charge in [0.1, 0.15) is 12.0 Å². The van der Waals surface area contributed by atoms with Crippen molar-refractivity contribution in [2.45, 2.75) is 50.9 Å². The number of ether oxygens (including phenoxy) is 1. The molecule has 1 saturated heterocycles. The van der Waals surface area contributed by atoms with Crippen molar-refractivity contribution in [3.05, 3.63) is 47.4 Å². The SMILES string of the molecule is CC(C)(O)[C@H](F)CNC(=O)c1cnc(Nc2cnc3c(c2)C=CC3)cc1NC1CCOCC1. The van der Waals surface area contributed by atoms with Gasteiger partial charge < -0.3 is 25.8 Å². The molecule has 2 aliphatic rings. The van der Waals surface area contributed by atoms with E-state index in [1.807, 2.05) is 12.1 Å². The molecule has 1 aliphatic heterocycles. The summed E-state index contributed by atoms with van der Waals surface area (Å²) in [4.78, 5) is 21.7. The Balaban J connectivity index is 1.53. The van der Waals surface area contributed by atoms with Crippen molar-refractivity contribution in [2.24, 2.45) is 0 Å². The largest absolute Gasteiger partial charge is 0.387 e. The van der Waals surface area contributed by atoms with Crippen LogP contribution in [0.15, 0.2) is 30.6 Å². The number of fused-ring (bicyclic) bond motifs is 1. The smallest absolute Gasteiger partial charge is 0.255 e. The highest BCUT2D eigenvalue weighted by molar-refractivity contribution is 6.00. The number of pyridine rings is 2. The molecule has 2 aromatic rings. The van der Waals surface area contributed by atoms with Gasteiger partial charge in [-0.15, -0.1) is 0 Å². The standard InChI is InChI=1S/C24H30FN5O3/c1-24(2,32)21(25)14-28-23(31)18-13-27-22(11-20(18)29-16-6-8-33-9-7-16)30-17-10-15-4-3-5-19(15)26-12-17/h3-4,10-13,16,21,32H,5-9,14H2,1-2H3,(H,28,31)(H2,27,29,30)/t21-/m1/s1. The highest BCUT2D eigenvalue weighted by Gasteiger charge is 2.27. The van der Waals surface area contributed by atoms with Gasteiger partial charge in [-0.05, 0) is 38.3 Å². The lowest BCUT2D eigenvalue weighted by Gasteiger charge is -2.26. The number of hydrogen-bond donors (Lipinski definition) is 4. The van der Waals surface area contributed by atoms with Crippen molar-refractivity contribution in [1.29, 1.82) is 0 Å². The number of rotatable bonds is 8. The molecule has 33 heavy (non-hydrogen) atoms. The summed E-state index contributed by atoms with van der Waals surface area (Å²) in [5.74, 6) is 0.101. The summed E-state index contributed by atoms with van der Waals surface area (Å²) in [7, 11) is 0. The lowest BCUT2D eigenvalue weighted by molar-refractivity contribution is -0.00177. The molecule has 1 aliphatic carbocycles. The monoisotopic (exact) mass is 455 g/mol. The molecule has 0 saturated carbocycles. The summed E-state index contributed by atoms with van der Waals surface area (Å²) in [6, 6.07) is 3.94. The van der Waals surface area contributed by atoms with E-state index in [9.17, 15) is 14.3 Å². The first kappa shape index (κ1) is 23.1. The molecule has 1 fully saturated rings. The minimum absolute atomic E-state index is 0.151. The first-order valence-corrected chi connectivity index (χ1v) is 11.2. The number of halogens is 1. The molecule has 0 radical (unpaired) electrons. The third-order valence-electron chi connectivity index (χ3n) is 5.82. The fourth-order valence-electron chi connectivity index (χ4n) is 3.75. The predicted molar refractivity (Wildman–Crippen MR) is 125 cm³/mol. The summed E-state index contributed by atoms with van der Waals surface area (Å²) in [6.45, 7) is 3.74. The van der Waals surface area contributed by atoms with Crippen LogP contribution in [0.3, 0.4) is 0 Å². The number of carbonyl (C=O) groups excluding carboxylic acids is 1. The summed E-state index contributed by atoms with van der Waals surface area (Å²) in [5, 5.41) is 19.0. The maximum atomic E-state index is 14.1. The number of amides is 1. The van der Waals surface area contributed by atoms with E-state index in [0.717, 1.165) is 36.2 Å². The van der Waals surface area contributed by atoms with E-state index in [2.05, 4.69) is 32.0 Å². The van der Waals surface area contributed by atoms with Gasteiger partial charge in [-0.1, -0.05) is 12.2 Å². The lowest BCUT2D eigenvalue weighted by Crippen LogP contribution is -2.42. The van der Waals surface area contributed by atoms with Crippen molar-refractivity contribution in [3.63, 3.8) is 0 Å². The Hall–Kier alpha value is -3.04. The number of aliphatic hydroxyl groups is 1. The van der Waals surface area contributed by atoms with Gasteiger partial charge in [-0.25, -0.2) is 9.37 Å². The van der Waals surface area contributed by atoms with Gasteiger partial charge in [0, 0.05) is 37.9 Å². The van der Waals surface area contributed by atoms with Crippen LogP contribution in [0.25, 0.3) is 6.08 Å². The molecular weight excluding hydrogens is 425 g/mol. The second-order valence-electron chi connectivity index (χ2n) is 8.97. The maximum absolute atomic E-state index is 14.1. The zero-order valence-electron chi connectivity index (χ0n) is 18.9. The highest BCUT2D eigenvalue weighted by atomic mass is 19.1. The topological polar surface area (TPSA) is 108 Å². The molecule has 8 nitrogen and oxygen atoms in total. The Labute approximate surface area is 192 Å². The first-order chi connectivity index (χ1) is 15.8. The summed E-state index contributed by atoms with van der Waals surface area (Å²) >= 11 is 0. The second kappa shape index (κ2) is 9.84. The Morgan fingerprint density at radius 3 is 2.82 bits per heavy atom. The average molecular weight is 456 g/mol. The molecule has 9 heteroatoms. The van der Waals surface area contributed by atoms with Gasteiger partial charge in [-0.2, -0.15) is 0 Å². The minimum Gasteiger partial charge on any atom is -0.387 e. The fraction of sp³-hybridized carbons (Fsp3) is 0.458. The van der Waals surface area contributed by atoms with E-state index in [-0.39, 0.29) is 12.6 Å². The van der Waals surface area contributed by atoms with Crippen molar-refractivity contribution < 1.29 is 19.0 Å². The van der Waals surface area contributed by atoms with E-state index in [1.54, 1.807) is 12.3 Å². The van der Waals surface area contributed by atoms with E-state index in [4.69, 9.17) is 4.74 Å². The fourth-order valence-corrected chi connectivity index (χ4v) is 3.75. The third kappa shape index (κ3) is 5.85. The number of alkyl halides is 1. The molecule has 0 aromatic carbocycles. The van der Waals surface area contributed by atoms with Crippen LogP contribution in [0.5, 0.6) is 0 Å². The molecule has 4 N–H and O–H groups in total. The molecule has 0 bridgehead atoms. The summed E-state index contributed by atoms with van der Waals surface area (Å²) in [6.07, 6.45) is 8.22. The molecule has 176 valence electrons. The minimum atomic E-state index is -1.59. The van der Waals surface area contributed by atoms with Crippen LogP contribution in [-0.4, -0.2) is 58.6 Å².